The van der Waals surface area contributed by atoms with Gasteiger partial charge in [-0.2, -0.15) is 0 Å². The van der Waals surface area contributed by atoms with Crippen molar-refractivity contribution in [3.63, 3.8) is 0 Å². The van der Waals surface area contributed by atoms with E-state index in [9.17, 15) is 0 Å². The second-order valence-corrected chi connectivity index (χ2v) is 6.56. The highest BCUT2D eigenvalue weighted by Gasteiger charge is 2.13. The Bertz CT molecular complexity index is 169. The summed E-state index contributed by atoms with van der Waals surface area (Å²) in [4.78, 5) is 0. The lowest BCUT2D eigenvalue weighted by Crippen LogP contribution is -3.00. The molecule has 0 unspecified atom stereocenters. The van der Waals surface area contributed by atoms with Crippen molar-refractivity contribution in [3.05, 3.63) is 0 Å². The van der Waals surface area contributed by atoms with Gasteiger partial charge >= 0.3 is 0 Å². The first-order chi connectivity index (χ1) is 8.62. The minimum Gasteiger partial charge on any atom is -1.00 e. The fourth-order valence-electron chi connectivity index (χ4n) is 2.58. The number of halogens is 1. The van der Waals surface area contributed by atoms with E-state index < -0.39 is 0 Å². The zero-order valence-corrected chi connectivity index (χ0v) is 14.8. The van der Waals surface area contributed by atoms with E-state index in [1.807, 2.05) is 0 Å². The number of hydrogen-bond acceptors (Lipinski definition) is 0. The third-order valence-electron chi connectivity index (χ3n) is 3.98. The maximum absolute atomic E-state index is 2.41. The molecule has 0 heterocycles. The Hall–Kier alpha value is 0.250. The van der Waals surface area contributed by atoms with Crippen LogP contribution in [0.25, 0.3) is 0 Å². The van der Waals surface area contributed by atoms with E-state index in [0.717, 1.165) is 0 Å². The highest BCUT2D eigenvalue weighted by Crippen LogP contribution is 2.10. The number of quaternary nitrogens is 1. The van der Waals surface area contributed by atoms with E-state index in [1.165, 1.54) is 88.2 Å². The van der Waals surface area contributed by atoms with Crippen molar-refractivity contribution in [2.24, 2.45) is 0 Å². The van der Waals surface area contributed by atoms with Crippen molar-refractivity contribution < 1.29 is 16.9 Å². The molecule has 0 amide bonds. The Kier molecular flexibility index (Phi) is 16.6. The van der Waals surface area contributed by atoms with Gasteiger partial charge in [0.05, 0.1) is 27.2 Å². The van der Waals surface area contributed by atoms with Gasteiger partial charge in [-0.1, -0.05) is 58.8 Å². The van der Waals surface area contributed by atoms with E-state index in [4.69, 9.17) is 0 Å². The van der Waals surface area contributed by atoms with Gasteiger partial charge in [0.25, 0.3) is 0 Å². The van der Waals surface area contributed by atoms with Crippen LogP contribution in [0.5, 0.6) is 0 Å². The molecule has 0 atom stereocenters. The number of rotatable bonds is 13. The summed E-state index contributed by atoms with van der Waals surface area (Å²) in [5.41, 5.74) is 0. The van der Waals surface area contributed by atoms with Crippen molar-refractivity contribution >= 4 is 0 Å². The average molecular weight is 292 g/mol. The van der Waals surface area contributed by atoms with Crippen LogP contribution in [0.15, 0.2) is 0 Å². The third-order valence-corrected chi connectivity index (χ3v) is 3.98. The molecule has 0 aromatic heterocycles. The van der Waals surface area contributed by atoms with E-state index in [2.05, 4.69) is 27.9 Å². The summed E-state index contributed by atoms with van der Waals surface area (Å²) in [5, 5.41) is 0. The van der Waals surface area contributed by atoms with E-state index in [-0.39, 0.29) is 12.4 Å². The van der Waals surface area contributed by atoms with Crippen molar-refractivity contribution in [1.29, 1.82) is 0 Å². The predicted octanol–water partition coefficient (Wildman–Crippen LogP) is 2.40. The monoisotopic (exact) mass is 291 g/mol. The minimum atomic E-state index is 0. The van der Waals surface area contributed by atoms with Crippen molar-refractivity contribution in [2.45, 2.75) is 84.5 Å². The molecule has 0 fully saturated rings. The molecule has 1 nitrogen and oxygen atoms in total. The normalized spacial score (nSPS) is 11.4. The topological polar surface area (TPSA) is 0 Å². The molecule has 0 aromatic carbocycles. The number of hydrogen-bond donors (Lipinski definition) is 0. The van der Waals surface area contributed by atoms with Crippen LogP contribution in [0.2, 0.25) is 0 Å². The van der Waals surface area contributed by atoms with Crippen molar-refractivity contribution in [2.75, 3.05) is 27.2 Å². The van der Waals surface area contributed by atoms with Gasteiger partial charge in [-0.05, 0) is 25.7 Å². The molecular formula is C17H38ClN. The van der Waals surface area contributed by atoms with Crippen LogP contribution >= 0.6 is 0 Å². The number of nitrogens with zero attached hydrogens (tertiary/aromatic N) is 1. The van der Waals surface area contributed by atoms with Gasteiger partial charge < -0.3 is 16.9 Å². The average Bonchev–Trinajstić information content (AvgIpc) is 2.34. The van der Waals surface area contributed by atoms with Crippen LogP contribution in [-0.4, -0.2) is 31.7 Å². The van der Waals surface area contributed by atoms with Crippen LogP contribution in [-0.2, 0) is 0 Å². The lowest BCUT2D eigenvalue weighted by atomic mass is 10.1. The van der Waals surface area contributed by atoms with Crippen LogP contribution in [0.1, 0.15) is 84.5 Å². The molecule has 0 saturated heterocycles. The summed E-state index contributed by atoms with van der Waals surface area (Å²) in [6, 6.07) is 0. The maximum Gasteiger partial charge on any atom is 0.0782 e. The van der Waals surface area contributed by atoms with Gasteiger partial charge in [0, 0.05) is 0 Å². The van der Waals surface area contributed by atoms with E-state index in [0.29, 0.717) is 0 Å². The Morgan fingerprint density at radius 3 is 1.26 bits per heavy atom. The Balaban J connectivity index is 0. The van der Waals surface area contributed by atoms with Gasteiger partial charge in [-0.3, -0.25) is 0 Å². The zero-order valence-electron chi connectivity index (χ0n) is 14.0. The third kappa shape index (κ3) is 16.2. The first-order valence-electron chi connectivity index (χ1n) is 8.44. The molecule has 0 aromatic rings. The van der Waals surface area contributed by atoms with Crippen LogP contribution < -0.4 is 12.4 Å². The summed E-state index contributed by atoms with van der Waals surface area (Å²) in [5.74, 6) is 0. The molecule has 0 aliphatic rings. The molecule has 0 aliphatic heterocycles. The molecule has 0 radical (unpaired) electrons. The molecule has 0 saturated carbocycles. The van der Waals surface area contributed by atoms with E-state index in [1.54, 1.807) is 0 Å². The molecule has 19 heavy (non-hydrogen) atoms. The summed E-state index contributed by atoms with van der Waals surface area (Å²) >= 11 is 0. The van der Waals surface area contributed by atoms with Crippen LogP contribution in [0.4, 0.5) is 0 Å². The van der Waals surface area contributed by atoms with Crippen LogP contribution in [0, 0.1) is 0 Å². The van der Waals surface area contributed by atoms with Gasteiger partial charge in [0.15, 0.2) is 0 Å². The van der Waals surface area contributed by atoms with Gasteiger partial charge in [0.2, 0.25) is 0 Å². The lowest BCUT2D eigenvalue weighted by molar-refractivity contribution is -0.890. The molecule has 0 aliphatic carbocycles. The molecule has 118 valence electrons. The highest BCUT2D eigenvalue weighted by molar-refractivity contribution is 4.46. The first kappa shape index (κ1) is 21.5. The standard InChI is InChI=1S/C17H38N.ClH/c1-5-7-9-11-12-13-15-17-18(3,4)16-14-10-8-6-2;/h5-17H2,1-4H3;1H/q+1;/p-1. The van der Waals surface area contributed by atoms with Gasteiger partial charge in [-0.15, -0.1) is 0 Å². The minimum absolute atomic E-state index is 0. The Labute approximate surface area is 129 Å². The molecule has 0 N–H and O–H groups in total. The second kappa shape index (κ2) is 14.7. The molecule has 2 heteroatoms. The smallest absolute Gasteiger partial charge is 0.0782 e. The fraction of sp³-hybridized carbons (Fsp3) is 1.00. The molecule has 0 bridgehead atoms. The van der Waals surface area contributed by atoms with E-state index >= 15 is 0 Å². The maximum atomic E-state index is 2.41. The molecule has 0 spiro atoms. The summed E-state index contributed by atoms with van der Waals surface area (Å²) in [7, 11) is 4.81. The lowest BCUT2D eigenvalue weighted by Gasteiger charge is -2.30. The largest absolute Gasteiger partial charge is 1.00 e. The van der Waals surface area contributed by atoms with Gasteiger partial charge in [-0.25, -0.2) is 0 Å². The molecular weight excluding hydrogens is 254 g/mol. The summed E-state index contributed by atoms with van der Waals surface area (Å²) in [6.07, 6.45) is 15.6. The SMILES string of the molecule is CCCCCCCCC[N+](C)(C)CCCCCC.[Cl-]. The highest BCUT2D eigenvalue weighted by atomic mass is 35.5. The Morgan fingerprint density at radius 1 is 0.526 bits per heavy atom. The van der Waals surface area contributed by atoms with Gasteiger partial charge in [0.1, 0.15) is 0 Å². The fourth-order valence-corrected chi connectivity index (χ4v) is 2.58. The second-order valence-electron chi connectivity index (χ2n) is 6.56. The summed E-state index contributed by atoms with van der Waals surface area (Å²) < 4.78 is 1.23. The van der Waals surface area contributed by atoms with Crippen LogP contribution in [0.3, 0.4) is 0 Å². The van der Waals surface area contributed by atoms with Crippen molar-refractivity contribution in [1.82, 2.24) is 0 Å². The zero-order chi connectivity index (χ0) is 13.7. The predicted molar refractivity (Wildman–Crippen MR) is 84.0 cm³/mol. The summed E-state index contributed by atoms with van der Waals surface area (Å²) in [6.45, 7) is 7.33. The van der Waals surface area contributed by atoms with Crippen molar-refractivity contribution in [3.8, 4) is 0 Å². The first-order valence-corrected chi connectivity index (χ1v) is 8.44. The Morgan fingerprint density at radius 2 is 0.842 bits per heavy atom. The number of unbranched alkanes of at least 4 members (excludes halogenated alkanes) is 9. The molecule has 0 rings (SSSR count). The quantitative estimate of drug-likeness (QED) is 0.361.